The highest BCUT2D eigenvalue weighted by Crippen LogP contribution is 2.37. The predicted molar refractivity (Wildman–Crippen MR) is 114 cm³/mol. The molecule has 1 amide bonds. The van der Waals surface area contributed by atoms with Gasteiger partial charge in [-0.05, 0) is 43.2 Å². The van der Waals surface area contributed by atoms with Gasteiger partial charge in [-0.1, -0.05) is 23.7 Å². The first-order valence-electron chi connectivity index (χ1n) is 9.55. The lowest BCUT2D eigenvalue weighted by atomic mass is 9.78. The van der Waals surface area contributed by atoms with Gasteiger partial charge in [-0.2, -0.15) is 4.31 Å². The molecule has 1 heterocycles. The summed E-state index contributed by atoms with van der Waals surface area (Å²) < 4.78 is 38.9. The molecule has 0 spiro atoms. The molecule has 0 aliphatic carbocycles. The Balaban J connectivity index is 1.84. The van der Waals surface area contributed by atoms with Crippen LogP contribution in [0.5, 0.6) is 11.5 Å². The number of carbonyl (C=O) groups is 1. The van der Waals surface area contributed by atoms with Crippen LogP contribution >= 0.6 is 11.6 Å². The van der Waals surface area contributed by atoms with Crippen molar-refractivity contribution in [2.24, 2.45) is 11.1 Å². The fourth-order valence-corrected chi connectivity index (χ4v) is 5.56. The third-order valence-electron chi connectivity index (χ3n) is 5.20. The molecular weight excluding hydrogens is 428 g/mol. The number of piperidine rings is 1. The Morgan fingerprint density at radius 1 is 1.20 bits per heavy atom. The molecule has 1 saturated heterocycles. The van der Waals surface area contributed by atoms with Crippen molar-refractivity contribution in [3.8, 4) is 11.5 Å². The number of methoxy groups -OCH3 is 1. The van der Waals surface area contributed by atoms with Crippen LogP contribution in [0, 0.1) is 5.41 Å². The second-order valence-corrected chi connectivity index (χ2v) is 9.88. The number of nitrogens with zero attached hydrogens (tertiary/aromatic N) is 1. The summed E-state index contributed by atoms with van der Waals surface area (Å²) in [6.07, 6.45) is 1.24. The SMILES string of the molecule is COc1cccc(S(=O)(=O)N2CCC[C@@](COc3cccc(Cl)c3)(CC(N)=O)C2)c1. The first kappa shape index (κ1) is 22.4. The van der Waals surface area contributed by atoms with Crippen LogP contribution in [0.1, 0.15) is 19.3 Å². The quantitative estimate of drug-likeness (QED) is 0.663. The molecule has 0 saturated carbocycles. The number of sulfonamides is 1. The van der Waals surface area contributed by atoms with Gasteiger partial charge in [0.1, 0.15) is 11.5 Å². The van der Waals surface area contributed by atoms with Crippen molar-refractivity contribution in [2.75, 3.05) is 26.8 Å². The zero-order valence-electron chi connectivity index (χ0n) is 16.7. The summed E-state index contributed by atoms with van der Waals surface area (Å²) in [7, 11) is -2.28. The summed E-state index contributed by atoms with van der Waals surface area (Å²) in [4.78, 5) is 12.0. The largest absolute Gasteiger partial charge is 0.497 e. The number of benzene rings is 2. The second-order valence-electron chi connectivity index (χ2n) is 7.51. The minimum atomic E-state index is -3.77. The lowest BCUT2D eigenvalue weighted by Gasteiger charge is -2.41. The third kappa shape index (κ3) is 5.24. The molecule has 2 aromatic rings. The number of amides is 1. The lowest BCUT2D eigenvalue weighted by Crippen LogP contribution is -2.50. The summed E-state index contributed by atoms with van der Waals surface area (Å²) in [5.74, 6) is 0.519. The van der Waals surface area contributed by atoms with Crippen molar-refractivity contribution < 1.29 is 22.7 Å². The average Bonchev–Trinajstić information content (AvgIpc) is 2.72. The minimum Gasteiger partial charge on any atom is -0.497 e. The average molecular weight is 453 g/mol. The molecule has 2 N–H and O–H groups in total. The van der Waals surface area contributed by atoms with E-state index in [0.717, 1.165) is 0 Å². The van der Waals surface area contributed by atoms with Gasteiger partial charge in [-0.25, -0.2) is 8.42 Å². The van der Waals surface area contributed by atoms with Gasteiger partial charge in [0.05, 0.1) is 18.6 Å². The molecule has 3 rings (SSSR count). The van der Waals surface area contributed by atoms with Crippen LogP contribution in [0.4, 0.5) is 0 Å². The molecular formula is C21H25ClN2O5S. The lowest BCUT2D eigenvalue weighted by molar-refractivity contribution is -0.121. The van der Waals surface area contributed by atoms with E-state index in [4.69, 9.17) is 26.8 Å². The first-order chi connectivity index (χ1) is 14.2. The van der Waals surface area contributed by atoms with Crippen LogP contribution < -0.4 is 15.2 Å². The van der Waals surface area contributed by atoms with Crippen LogP contribution in [0.3, 0.4) is 0 Å². The van der Waals surface area contributed by atoms with E-state index < -0.39 is 21.3 Å². The van der Waals surface area contributed by atoms with Gasteiger partial charge >= 0.3 is 0 Å². The number of halogens is 1. The Labute approximate surface area is 181 Å². The summed E-state index contributed by atoms with van der Waals surface area (Å²) in [5.41, 5.74) is 4.78. The molecule has 7 nitrogen and oxygen atoms in total. The number of hydrogen-bond donors (Lipinski definition) is 1. The highest BCUT2D eigenvalue weighted by atomic mass is 35.5. The number of primary amides is 1. The van der Waals surface area contributed by atoms with Gasteiger partial charge in [0.25, 0.3) is 0 Å². The van der Waals surface area contributed by atoms with Gasteiger partial charge < -0.3 is 15.2 Å². The van der Waals surface area contributed by atoms with Crippen LogP contribution in [0.25, 0.3) is 0 Å². The molecule has 2 aromatic carbocycles. The standard InChI is InChI=1S/C21H25ClN2O5S/c1-28-17-6-3-8-19(12-17)30(26,27)24-10-4-9-21(14-24,13-20(23)25)15-29-18-7-2-5-16(22)11-18/h2-3,5-8,11-12H,4,9-10,13-15H2,1H3,(H2,23,25)/t21-/m1/s1. The van der Waals surface area contributed by atoms with Crippen LogP contribution in [0.2, 0.25) is 5.02 Å². The van der Waals surface area contributed by atoms with Crippen molar-refractivity contribution in [3.05, 3.63) is 53.6 Å². The van der Waals surface area contributed by atoms with E-state index in [9.17, 15) is 13.2 Å². The molecule has 1 aliphatic rings. The summed E-state index contributed by atoms with van der Waals surface area (Å²) in [5, 5.41) is 0.530. The van der Waals surface area contributed by atoms with E-state index in [0.29, 0.717) is 35.9 Å². The zero-order chi connectivity index (χ0) is 21.8. The van der Waals surface area contributed by atoms with Crippen molar-refractivity contribution in [2.45, 2.75) is 24.2 Å². The topological polar surface area (TPSA) is 98.9 Å². The minimum absolute atomic E-state index is 0.0255. The van der Waals surface area contributed by atoms with Crippen molar-refractivity contribution >= 4 is 27.5 Å². The molecule has 1 aliphatic heterocycles. The molecule has 162 valence electrons. The molecule has 0 radical (unpaired) electrons. The van der Waals surface area contributed by atoms with Crippen molar-refractivity contribution in [3.63, 3.8) is 0 Å². The predicted octanol–water partition coefficient (Wildman–Crippen LogP) is 3.07. The van der Waals surface area contributed by atoms with E-state index in [1.54, 1.807) is 36.4 Å². The van der Waals surface area contributed by atoms with E-state index in [-0.39, 0.29) is 24.5 Å². The Bertz CT molecular complexity index is 1010. The number of rotatable bonds is 8. The molecule has 1 fully saturated rings. The molecule has 30 heavy (non-hydrogen) atoms. The van der Waals surface area contributed by atoms with Crippen molar-refractivity contribution in [1.82, 2.24) is 4.31 Å². The maximum absolute atomic E-state index is 13.2. The Morgan fingerprint density at radius 3 is 2.63 bits per heavy atom. The maximum Gasteiger partial charge on any atom is 0.243 e. The number of carbonyl (C=O) groups excluding carboxylic acids is 1. The number of ether oxygens (including phenoxy) is 2. The monoisotopic (exact) mass is 452 g/mol. The van der Waals surface area contributed by atoms with Gasteiger partial charge in [0.15, 0.2) is 0 Å². The fourth-order valence-electron chi connectivity index (χ4n) is 3.75. The molecule has 1 atom stereocenters. The Morgan fingerprint density at radius 2 is 1.93 bits per heavy atom. The van der Waals surface area contributed by atoms with Gasteiger partial charge in [0.2, 0.25) is 15.9 Å². The molecule has 9 heteroatoms. The summed E-state index contributed by atoms with van der Waals surface area (Å²) in [6, 6.07) is 13.3. The Hall–Kier alpha value is -2.29. The van der Waals surface area contributed by atoms with E-state index in [2.05, 4.69) is 0 Å². The summed E-state index contributed by atoms with van der Waals surface area (Å²) >= 11 is 6.01. The maximum atomic E-state index is 13.2. The van der Waals surface area contributed by atoms with Crippen LogP contribution in [0.15, 0.2) is 53.4 Å². The molecule has 0 bridgehead atoms. The fraction of sp³-hybridized carbons (Fsp3) is 0.381. The summed E-state index contributed by atoms with van der Waals surface area (Å²) in [6.45, 7) is 0.647. The Kier molecular flexibility index (Phi) is 6.90. The van der Waals surface area contributed by atoms with Gasteiger partial charge in [-0.15, -0.1) is 0 Å². The smallest absolute Gasteiger partial charge is 0.243 e. The number of nitrogens with two attached hydrogens (primary N) is 1. The van der Waals surface area contributed by atoms with Gasteiger partial charge in [0, 0.05) is 36.0 Å². The van der Waals surface area contributed by atoms with Crippen molar-refractivity contribution in [1.29, 1.82) is 0 Å². The molecule has 0 unspecified atom stereocenters. The second kappa shape index (κ2) is 9.24. The molecule has 0 aromatic heterocycles. The highest BCUT2D eigenvalue weighted by Gasteiger charge is 2.42. The number of hydrogen-bond acceptors (Lipinski definition) is 5. The normalized spacial score (nSPS) is 19.9. The zero-order valence-corrected chi connectivity index (χ0v) is 18.3. The van der Waals surface area contributed by atoms with E-state index in [1.807, 2.05) is 0 Å². The van der Waals surface area contributed by atoms with Crippen LogP contribution in [-0.2, 0) is 14.8 Å². The van der Waals surface area contributed by atoms with Gasteiger partial charge in [-0.3, -0.25) is 4.79 Å². The van der Waals surface area contributed by atoms with E-state index >= 15 is 0 Å². The highest BCUT2D eigenvalue weighted by molar-refractivity contribution is 7.89. The van der Waals surface area contributed by atoms with E-state index in [1.165, 1.54) is 23.5 Å². The van der Waals surface area contributed by atoms with Crippen LogP contribution in [-0.4, -0.2) is 45.4 Å². The third-order valence-corrected chi connectivity index (χ3v) is 7.27. The first-order valence-corrected chi connectivity index (χ1v) is 11.4.